The van der Waals surface area contributed by atoms with Crippen LogP contribution in [0.3, 0.4) is 0 Å². The molecule has 3 aromatic rings. The third-order valence-corrected chi connectivity index (χ3v) is 4.47. The average Bonchev–Trinajstić information content (AvgIpc) is 2.70. The summed E-state index contributed by atoms with van der Waals surface area (Å²) < 4.78 is 17.3. The Morgan fingerprint density at radius 2 is 1.81 bits per heavy atom. The van der Waals surface area contributed by atoms with Gasteiger partial charge in [-0.1, -0.05) is 37.3 Å². The van der Waals surface area contributed by atoms with Gasteiger partial charge in [-0.2, -0.15) is 0 Å². The topological polar surface area (TPSA) is 39.7 Å². The minimum atomic E-state index is 0.592. The smallest absolute Gasteiger partial charge is 0.163 e. The van der Waals surface area contributed by atoms with Crippen LogP contribution in [0.15, 0.2) is 54.6 Å². The Balaban J connectivity index is 1.61. The van der Waals surface area contributed by atoms with E-state index in [-0.39, 0.29) is 0 Å². The fraction of sp³-hybridized carbons (Fsp3) is 0.273. The highest BCUT2D eigenvalue weighted by Crippen LogP contribution is 2.34. The van der Waals surface area contributed by atoms with Gasteiger partial charge in [0.25, 0.3) is 0 Å². The van der Waals surface area contributed by atoms with Crippen LogP contribution in [0.2, 0.25) is 0 Å². The maximum Gasteiger partial charge on any atom is 0.163 e. The molecule has 1 aliphatic heterocycles. The Kier molecular flexibility index (Phi) is 4.82. The van der Waals surface area contributed by atoms with Gasteiger partial charge in [-0.15, -0.1) is 0 Å². The van der Waals surface area contributed by atoms with Crippen molar-refractivity contribution < 1.29 is 14.2 Å². The molecule has 0 saturated carbocycles. The minimum absolute atomic E-state index is 0.592. The number of nitrogens with one attached hydrogen (secondary N) is 1. The summed E-state index contributed by atoms with van der Waals surface area (Å²) in [6.07, 6.45) is 0.988. The SMILES string of the molecule is CCCOc1ccc2ccccc2c1CNc1ccc2c(c1)OCCO2. The molecule has 3 aromatic carbocycles. The average molecular weight is 349 g/mol. The second kappa shape index (κ2) is 7.56. The molecule has 0 fully saturated rings. The summed E-state index contributed by atoms with van der Waals surface area (Å²) in [6, 6.07) is 18.6. The predicted octanol–water partition coefficient (Wildman–Crippen LogP) is 5.01. The number of hydrogen-bond donors (Lipinski definition) is 1. The van der Waals surface area contributed by atoms with Crippen LogP contribution in [0.4, 0.5) is 5.69 Å². The lowest BCUT2D eigenvalue weighted by Gasteiger charge is -2.20. The molecule has 0 saturated heterocycles. The fourth-order valence-electron chi connectivity index (χ4n) is 3.19. The molecule has 0 atom stereocenters. The van der Waals surface area contributed by atoms with E-state index in [4.69, 9.17) is 14.2 Å². The zero-order valence-electron chi connectivity index (χ0n) is 15.0. The van der Waals surface area contributed by atoms with Crippen molar-refractivity contribution >= 4 is 16.5 Å². The minimum Gasteiger partial charge on any atom is -0.493 e. The van der Waals surface area contributed by atoms with Crippen LogP contribution in [-0.4, -0.2) is 19.8 Å². The number of hydrogen-bond acceptors (Lipinski definition) is 4. The van der Waals surface area contributed by atoms with Gasteiger partial charge in [-0.3, -0.25) is 0 Å². The van der Waals surface area contributed by atoms with Gasteiger partial charge in [0.1, 0.15) is 19.0 Å². The molecule has 1 heterocycles. The van der Waals surface area contributed by atoms with Gasteiger partial charge in [0.05, 0.1) is 6.61 Å². The van der Waals surface area contributed by atoms with Crippen molar-refractivity contribution in [3.63, 3.8) is 0 Å². The molecule has 0 radical (unpaired) electrons. The van der Waals surface area contributed by atoms with E-state index in [9.17, 15) is 0 Å². The summed E-state index contributed by atoms with van der Waals surface area (Å²) in [7, 11) is 0. The van der Waals surface area contributed by atoms with Crippen molar-refractivity contribution in [1.82, 2.24) is 0 Å². The van der Waals surface area contributed by atoms with Gasteiger partial charge in [0.15, 0.2) is 11.5 Å². The zero-order valence-corrected chi connectivity index (χ0v) is 15.0. The zero-order chi connectivity index (χ0) is 17.8. The summed E-state index contributed by atoms with van der Waals surface area (Å²) in [4.78, 5) is 0. The van der Waals surface area contributed by atoms with Crippen LogP contribution in [0.1, 0.15) is 18.9 Å². The van der Waals surface area contributed by atoms with Crippen molar-refractivity contribution in [1.29, 1.82) is 0 Å². The van der Waals surface area contributed by atoms with E-state index in [1.807, 2.05) is 18.2 Å². The highest BCUT2D eigenvalue weighted by Gasteiger charge is 2.13. The molecule has 0 aliphatic carbocycles. The lowest BCUT2D eigenvalue weighted by Crippen LogP contribution is -2.15. The van der Waals surface area contributed by atoms with Crippen molar-refractivity contribution in [3.8, 4) is 17.2 Å². The van der Waals surface area contributed by atoms with E-state index in [0.29, 0.717) is 19.8 Å². The fourth-order valence-corrected chi connectivity index (χ4v) is 3.19. The lowest BCUT2D eigenvalue weighted by atomic mass is 10.0. The molecule has 0 aromatic heterocycles. The molecule has 4 heteroatoms. The quantitative estimate of drug-likeness (QED) is 0.679. The number of benzene rings is 3. The summed E-state index contributed by atoms with van der Waals surface area (Å²) in [5.41, 5.74) is 2.18. The molecule has 4 nitrogen and oxygen atoms in total. The summed E-state index contributed by atoms with van der Waals surface area (Å²) in [6.45, 7) is 4.71. The molecule has 4 rings (SSSR count). The van der Waals surface area contributed by atoms with Crippen molar-refractivity contribution in [2.24, 2.45) is 0 Å². The van der Waals surface area contributed by atoms with E-state index in [0.717, 1.165) is 36.0 Å². The number of ether oxygens (including phenoxy) is 3. The van der Waals surface area contributed by atoms with Crippen LogP contribution in [0, 0.1) is 0 Å². The second-order valence-corrected chi connectivity index (χ2v) is 6.32. The van der Waals surface area contributed by atoms with Crippen molar-refractivity contribution in [2.75, 3.05) is 25.1 Å². The normalized spacial score (nSPS) is 12.8. The first kappa shape index (κ1) is 16.6. The largest absolute Gasteiger partial charge is 0.493 e. The molecule has 0 amide bonds. The van der Waals surface area contributed by atoms with E-state index in [1.54, 1.807) is 0 Å². The number of anilines is 1. The van der Waals surface area contributed by atoms with Crippen LogP contribution in [-0.2, 0) is 6.54 Å². The molecular formula is C22H23NO3. The first-order valence-electron chi connectivity index (χ1n) is 9.12. The highest BCUT2D eigenvalue weighted by atomic mass is 16.6. The van der Waals surface area contributed by atoms with Gasteiger partial charge in [0.2, 0.25) is 0 Å². The van der Waals surface area contributed by atoms with E-state index in [1.165, 1.54) is 16.3 Å². The Bertz CT molecular complexity index is 907. The van der Waals surface area contributed by atoms with Gasteiger partial charge in [0, 0.05) is 23.9 Å². The number of fused-ring (bicyclic) bond motifs is 2. The first-order valence-corrected chi connectivity index (χ1v) is 9.12. The third kappa shape index (κ3) is 3.40. The van der Waals surface area contributed by atoms with Crippen molar-refractivity contribution in [3.05, 3.63) is 60.2 Å². The standard InChI is InChI=1S/C22H23NO3/c1-2-11-24-20-9-7-16-5-3-4-6-18(16)19(20)15-23-17-8-10-21-22(14-17)26-13-12-25-21/h3-10,14,23H,2,11-13,15H2,1H3. The summed E-state index contributed by atoms with van der Waals surface area (Å²) in [5.74, 6) is 2.54. The first-order chi connectivity index (χ1) is 12.8. The highest BCUT2D eigenvalue weighted by molar-refractivity contribution is 5.88. The van der Waals surface area contributed by atoms with Crippen LogP contribution in [0.25, 0.3) is 10.8 Å². The maximum atomic E-state index is 5.99. The molecule has 26 heavy (non-hydrogen) atoms. The van der Waals surface area contributed by atoms with E-state index >= 15 is 0 Å². The van der Waals surface area contributed by atoms with E-state index < -0.39 is 0 Å². The predicted molar refractivity (Wildman–Crippen MR) is 104 cm³/mol. The molecule has 0 unspecified atom stereocenters. The second-order valence-electron chi connectivity index (χ2n) is 6.32. The third-order valence-electron chi connectivity index (χ3n) is 4.47. The Hall–Kier alpha value is -2.88. The maximum absolute atomic E-state index is 5.99. The Morgan fingerprint density at radius 1 is 0.962 bits per heavy atom. The van der Waals surface area contributed by atoms with Gasteiger partial charge in [-0.25, -0.2) is 0 Å². The monoisotopic (exact) mass is 349 g/mol. The van der Waals surface area contributed by atoms with Crippen LogP contribution < -0.4 is 19.5 Å². The summed E-state index contributed by atoms with van der Waals surface area (Å²) in [5, 5.41) is 5.94. The molecule has 1 N–H and O–H groups in total. The number of rotatable bonds is 6. The molecule has 0 spiro atoms. The van der Waals surface area contributed by atoms with E-state index in [2.05, 4.69) is 48.6 Å². The molecule has 134 valence electrons. The molecular weight excluding hydrogens is 326 g/mol. The van der Waals surface area contributed by atoms with Crippen LogP contribution >= 0.6 is 0 Å². The molecule has 1 aliphatic rings. The van der Waals surface area contributed by atoms with Gasteiger partial charge in [-0.05, 0) is 35.4 Å². The molecule has 0 bridgehead atoms. The van der Waals surface area contributed by atoms with Crippen LogP contribution in [0.5, 0.6) is 17.2 Å². The lowest BCUT2D eigenvalue weighted by molar-refractivity contribution is 0.171. The Morgan fingerprint density at radius 3 is 2.69 bits per heavy atom. The van der Waals surface area contributed by atoms with Gasteiger partial charge >= 0.3 is 0 Å². The van der Waals surface area contributed by atoms with Crippen molar-refractivity contribution in [2.45, 2.75) is 19.9 Å². The summed E-state index contributed by atoms with van der Waals surface area (Å²) >= 11 is 0. The Labute approximate surface area is 153 Å². The van der Waals surface area contributed by atoms with Gasteiger partial charge < -0.3 is 19.5 Å².